The van der Waals surface area contributed by atoms with Crippen molar-refractivity contribution in [1.82, 2.24) is 5.32 Å². The van der Waals surface area contributed by atoms with Crippen LogP contribution in [0.5, 0.6) is 0 Å². The summed E-state index contributed by atoms with van der Waals surface area (Å²) in [7, 11) is 0. The van der Waals surface area contributed by atoms with Gasteiger partial charge in [0.05, 0.1) is 10.9 Å². The first kappa shape index (κ1) is 13.0. The van der Waals surface area contributed by atoms with Gasteiger partial charge in [0.15, 0.2) is 0 Å². The van der Waals surface area contributed by atoms with Crippen LogP contribution >= 0.6 is 34.7 Å². The number of thiophene rings is 1. The van der Waals surface area contributed by atoms with Gasteiger partial charge in [-0.15, -0.1) is 23.1 Å². The number of carbonyl (C=O) groups is 1. The largest absolute Gasteiger partial charge is 0.344 e. The molecule has 1 atom stereocenters. The van der Waals surface area contributed by atoms with E-state index in [0.29, 0.717) is 0 Å². The molecule has 0 aliphatic carbocycles. The highest BCUT2D eigenvalue weighted by molar-refractivity contribution is 7.99. The van der Waals surface area contributed by atoms with Gasteiger partial charge in [-0.25, -0.2) is 0 Å². The second kappa shape index (κ2) is 5.57. The van der Waals surface area contributed by atoms with E-state index >= 15 is 0 Å². The minimum atomic E-state index is -0.00201. The Balaban J connectivity index is 1.84. The van der Waals surface area contributed by atoms with E-state index in [0.717, 1.165) is 27.6 Å². The molecule has 0 unspecified atom stereocenters. The van der Waals surface area contributed by atoms with Gasteiger partial charge in [0.1, 0.15) is 0 Å². The van der Waals surface area contributed by atoms with Crippen LogP contribution in [0.3, 0.4) is 0 Å². The molecule has 0 spiro atoms. The number of thioether (sulfide) groups is 1. The summed E-state index contributed by atoms with van der Waals surface area (Å²) in [6, 6.07) is 9.69. The van der Waals surface area contributed by atoms with Crippen molar-refractivity contribution in [3.05, 3.63) is 51.2 Å². The van der Waals surface area contributed by atoms with Crippen LogP contribution in [0.25, 0.3) is 0 Å². The molecule has 5 heteroatoms. The maximum atomic E-state index is 12.1. The first-order valence-corrected chi connectivity index (χ1v) is 8.25. The van der Waals surface area contributed by atoms with Crippen molar-refractivity contribution in [3.8, 4) is 0 Å². The predicted molar refractivity (Wildman–Crippen MR) is 81.3 cm³/mol. The van der Waals surface area contributed by atoms with Crippen LogP contribution in [0.4, 0.5) is 0 Å². The Kier molecular flexibility index (Phi) is 3.82. The van der Waals surface area contributed by atoms with Crippen LogP contribution in [-0.4, -0.2) is 11.7 Å². The molecule has 0 fully saturated rings. The zero-order valence-corrected chi connectivity index (χ0v) is 12.4. The van der Waals surface area contributed by atoms with Gasteiger partial charge in [0.2, 0.25) is 0 Å². The van der Waals surface area contributed by atoms with Crippen LogP contribution in [-0.2, 0) is 0 Å². The lowest BCUT2D eigenvalue weighted by Gasteiger charge is -2.26. The number of benzene rings is 1. The van der Waals surface area contributed by atoms with Gasteiger partial charge in [0.25, 0.3) is 5.91 Å². The fourth-order valence-electron chi connectivity index (χ4n) is 2.15. The van der Waals surface area contributed by atoms with E-state index in [2.05, 4.69) is 5.32 Å². The SMILES string of the molecule is O=C(N[C@@H]1CCSc2ccc(Cl)cc21)c1cccs1. The summed E-state index contributed by atoms with van der Waals surface area (Å²) >= 11 is 9.34. The second-order valence-electron chi connectivity index (χ2n) is 4.32. The lowest BCUT2D eigenvalue weighted by atomic mass is 10.0. The Hall–Kier alpha value is -0.970. The Bertz CT molecular complexity index is 597. The molecule has 98 valence electrons. The van der Waals surface area contributed by atoms with Crippen LogP contribution in [0.15, 0.2) is 40.6 Å². The highest BCUT2D eigenvalue weighted by atomic mass is 35.5. The van der Waals surface area contributed by atoms with E-state index < -0.39 is 0 Å². The molecule has 19 heavy (non-hydrogen) atoms. The van der Waals surface area contributed by atoms with Crippen LogP contribution in [0, 0.1) is 0 Å². The van der Waals surface area contributed by atoms with E-state index in [1.54, 1.807) is 0 Å². The fraction of sp³-hybridized carbons (Fsp3) is 0.214. The monoisotopic (exact) mass is 309 g/mol. The van der Waals surface area contributed by atoms with E-state index in [9.17, 15) is 4.79 Å². The van der Waals surface area contributed by atoms with E-state index in [1.807, 2.05) is 47.5 Å². The average Bonchev–Trinajstić information content (AvgIpc) is 2.93. The third-order valence-corrected chi connectivity index (χ3v) is 5.29. The standard InChI is InChI=1S/C14H12ClNOS2/c15-9-3-4-12-10(8-9)11(5-7-19-12)16-14(17)13-2-1-6-18-13/h1-4,6,8,11H,5,7H2,(H,16,17)/t11-/m1/s1. The minimum absolute atomic E-state index is 0.00201. The van der Waals surface area contributed by atoms with Crippen molar-refractivity contribution >= 4 is 40.6 Å². The normalized spacial score (nSPS) is 17.8. The number of rotatable bonds is 2. The van der Waals surface area contributed by atoms with Crippen molar-refractivity contribution in [2.45, 2.75) is 17.4 Å². The summed E-state index contributed by atoms with van der Waals surface area (Å²) in [4.78, 5) is 14.1. The molecular formula is C14H12ClNOS2. The van der Waals surface area contributed by atoms with Gasteiger partial charge in [0, 0.05) is 15.7 Å². The fourth-order valence-corrected chi connectivity index (χ4v) is 4.07. The Morgan fingerprint density at radius 3 is 3.05 bits per heavy atom. The van der Waals surface area contributed by atoms with E-state index in [-0.39, 0.29) is 11.9 Å². The maximum absolute atomic E-state index is 12.1. The smallest absolute Gasteiger partial charge is 0.261 e. The van der Waals surface area contributed by atoms with Crippen molar-refractivity contribution in [2.75, 3.05) is 5.75 Å². The number of halogens is 1. The molecule has 1 amide bonds. The molecule has 0 saturated heterocycles. The number of fused-ring (bicyclic) bond motifs is 1. The number of hydrogen-bond donors (Lipinski definition) is 1. The molecule has 2 nitrogen and oxygen atoms in total. The summed E-state index contributed by atoms with van der Waals surface area (Å²) in [5.41, 5.74) is 1.13. The summed E-state index contributed by atoms with van der Waals surface area (Å²) in [5, 5.41) is 5.74. The maximum Gasteiger partial charge on any atom is 0.261 e. The first-order chi connectivity index (χ1) is 9.24. The van der Waals surface area contributed by atoms with Crippen molar-refractivity contribution < 1.29 is 4.79 Å². The predicted octanol–water partition coefficient (Wildman–Crippen LogP) is 4.37. The number of nitrogens with one attached hydrogen (secondary N) is 1. The molecule has 1 aliphatic heterocycles. The topological polar surface area (TPSA) is 29.1 Å². The van der Waals surface area contributed by atoms with E-state index in [1.165, 1.54) is 16.2 Å². The van der Waals surface area contributed by atoms with Gasteiger partial charge in [-0.1, -0.05) is 17.7 Å². The Labute approximate surface area is 125 Å². The molecule has 1 aromatic carbocycles. The zero-order chi connectivity index (χ0) is 13.2. The molecular weight excluding hydrogens is 298 g/mol. The third-order valence-electron chi connectivity index (χ3n) is 3.06. The van der Waals surface area contributed by atoms with Crippen LogP contribution in [0.1, 0.15) is 27.7 Å². The zero-order valence-electron chi connectivity index (χ0n) is 10.1. The Morgan fingerprint density at radius 2 is 2.26 bits per heavy atom. The van der Waals surface area contributed by atoms with Gasteiger partial charge in [-0.3, -0.25) is 4.79 Å². The highest BCUT2D eigenvalue weighted by Crippen LogP contribution is 2.37. The molecule has 3 rings (SSSR count). The quantitative estimate of drug-likeness (QED) is 0.892. The molecule has 1 aliphatic rings. The molecule has 0 radical (unpaired) electrons. The van der Waals surface area contributed by atoms with Crippen molar-refractivity contribution in [3.63, 3.8) is 0 Å². The first-order valence-electron chi connectivity index (χ1n) is 6.00. The molecule has 1 aromatic heterocycles. The highest BCUT2D eigenvalue weighted by Gasteiger charge is 2.23. The molecule has 0 saturated carbocycles. The van der Waals surface area contributed by atoms with Gasteiger partial charge in [-0.05, 0) is 41.6 Å². The van der Waals surface area contributed by atoms with Gasteiger partial charge < -0.3 is 5.32 Å². The van der Waals surface area contributed by atoms with E-state index in [4.69, 9.17) is 11.6 Å². The summed E-state index contributed by atoms with van der Waals surface area (Å²) in [6.45, 7) is 0. The average molecular weight is 310 g/mol. The minimum Gasteiger partial charge on any atom is -0.344 e. The number of hydrogen-bond acceptors (Lipinski definition) is 3. The van der Waals surface area contributed by atoms with Crippen molar-refractivity contribution in [2.24, 2.45) is 0 Å². The summed E-state index contributed by atoms with van der Waals surface area (Å²) in [6.07, 6.45) is 0.940. The molecule has 2 heterocycles. The van der Waals surface area contributed by atoms with Gasteiger partial charge in [-0.2, -0.15) is 0 Å². The number of amides is 1. The van der Waals surface area contributed by atoms with Gasteiger partial charge >= 0.3 is 0 Å². The van der Waals surface area contributed by atoms with Crippen LogP contribution < -0.4 is 5.32 Å². The Morgan fingerprint density at radius 1 is 1.37 bits per heavy atom. The molecule has 0 bridgehead atoms. The summed E-state index contributed by atoms with van der Waals surface area (Å²) < 4.78 is 0. The second-order valence-corrected chi connectivity index (χ2v) is 6.84. The third kappa shape index (κ3) is 2.81. The summed E-state index contributed by atoms with van der Waals surface area (Å²) in [5.74, 6) is 1.02. The molecule has 2 aromatic rings. The number of carbonyl (C=O) groups excluding carboxylic acids is 1. The van der Waals surface area contributed by atoms with Crippen molar-refractivity contribution in [1.29, 1.82) is 0 Å². The molecule has 1 N–H and O–H groups in total. The van der Waals surface area contributed by atoms with Crippen LogP contribution in [0.2, 0.25) is 5.02 Å². The lowest BCUT2D eigenvalue weighted by molar-refractivity contribution is 0.0939. The lowest BCUT2D eigenvalue weighted by Crippen LogP contribution is -2.30.